The van der Waals surface area contributed by atoms with Gasteiger partial charge in [0.1, 0.15) is 4.99 Å². The van der Waals surface area contributed by atoms with Crippen molar-refractivity contribution in [1.82, 2.24) is 0 Å². The van der Waals surface area contributed by atoms with E-state index in [0.717, 1.165) is 28.2 Å². The largest absolute Gasteiger partial charge is 0.389 e. The second-order valence-corrected chi connectivity index (χ2v) is 6.62. The zero-order valence-electron chi connectivity index (χ0n) is 10.1. The average Bonchev–Trinajstić information content (AvgIpc) is 2.84. The van der Waals surface area contributed by atoms with Crippen LogP contribution in [0.1, 0.15) is 25.8 Å². The first kappa shape index (κ1) is 12.8. The Hall–Kier alpha value is -0.610. The van der Waals surface area contributed by atoms with Gasteiger partial charge in [0, 0.05) is 22.3 Å². The number of hydrogen-bond donors (Lipinski definition) is 2. The molecule has 1 fully saturated rings. The third-order valence-electron chi connectivity index (χ3n) is 3.51. The maximum atomic E-state index is 5.59. The van der Waals surface area contributed by atoms with Crippen molar-refractivity contribution in [3.63, 3.8) is 0 Å². The normalized spacial score (nSPS) is 21.0. The van der Waals surface area contributed by atoms with Crippen LogP contribution >= 0.6 is 28.1 Å². The predicted molar refractivity (Wildman–Crippen MR) is 80.4 cm³/mol. The Kier molecular flexibility index (Phi) is 3.46. The molecule has 1 aromatic carbocycles. The first-order chi connectivity index (χ1) is 7.90. The van der Waals surface area contributed by atoms with Gasteiger partial charge in [-0.25, -0.2) is 0 Å². The van der Waals surface area contributed by atoms with Crippen molar-refractivity contribution in [1.29, 1.82) is 0 Å². The molecule has 0 spiro atoms. The molecule has 1 aliphatic rings. The minimum atomic E-state index is 0.431. The van der Waals surface area contributed by atoms with Crippen molar-refractivity contribution < 1.29 is 0 Å². The fourth-order valence-corrected chi connectivity index (χ4v) is 2.62. The second-order valence-electron chi connectivity index (χ2n) is 5.33. The number of rotatable bonds is 4. The third-order valence-corrected chi connectivity index (χ3v) is 4.40. The van der Waals surface area contributed by atoms with Crippen LogP contribution in [-0.2, 0) is 0 Å². The van der Waals surface area contributed by atoms with E-state index in [1.165, 1.54) is 6.42 Å². The Balaban J connectivity index is 2.00. The fraction of sp³-hybridized carbons (Fsp3) is 0.462. The Morgan fingerprint density at radius 3 is 2.71 bits per heavy atom. The zero-order valence-corrected chi connectivity index (χ0v) is 12.5. The SMILES string of the molecule is CC1(C)CC1CNc1ccc(C(N)=S)cc1Br. The maximum absolute atomic E-state index is 5.59. The molecule has 4 heteroatoms. The van der Waals surface area contributed by atoms with Gasteiger partial charge >= 0.3 is 0 Å². The lowest BCUT2D eigenvalue weighted by molar-refractivity contribution is 0.573. The van der Waals surface area contributed by atoms with Gasteiger partial charge < -0.3 is 11.1 Å². The summed E-state index contributed by atoms with van der Waals surface area (Å²) >= 11 is 8.48. The lowest BCUT2D eigenvalue weighted by Crippen LogP contribution is -2.11. The van der Waals surface area contributed by atoms with E-state index in [4.69, 9.17) is 18.0 Å². The summed E-state index contributed by atoms with van der Waals surface area (Å²) in [6, 6.07) is 5.93. The summed E-state index contributed by atoms with van der Waals surface area (Å²) < 4.78 is 1.02. The third kappa shape index (κ3) is 2.99. The average molecular weight is 313 g/mol. The standard InChI is InChI=1S/C13H17BrN2S/c1-13(2)6-9(13)7-16-11-4-3-8(12(15)17)5-10(11)14/h3-5,9,16H,6-7H2,1-2H3,(H2,15,17). The van der Waals surface area contributed by atoms with E-state index in [-0.39, 0.29) is 0 Å². The molecule has 0 aliphatic heterocycles. The second kappa shape index (κ2) is 4.58. The summed E-state index contributed by atoms with van der Waals surface area (Å²) in [7, 11) is 0. The van der Waals surface area contributed by atoms with Gasteiger partial charge in [0.2, 0.25) is 0 Å². The molecule has 17 heavy (non-hydrogen) atoms. The molecule has 0 amide bonds. The quantitative estimate of drug-likeness (QED) is 0.835. The number of halogens is 1. The maximum Gasteiger partial charge on any atom is 0.104 e. The van der Waals surface area contributed by atoms with Crippen LogP contribution in [0.5, 0.6) is 0 Å². The van der Waals surface area contributed by atoms with Crippen molar-refractivity contribution in [2.45, 2.75) is 20.3 Å². The lowest BCUT2D eigenvalue weighted by Gasteiger charge is -2.10. The van der Waals surface area contributed by atoms with Gasteiger partial charge in [-0.15, -0.1) is 0 Å². The Morgan fingerprint density at radius 2 is 2.24 bits per heavy atom. The molecule has 0 bridgehead atoms. The molecule has 2 nitrogen and oxygen atoms in total. The summed E-state index contributed by atoms with van der Waals surface area (Å²) in [5, 5.41) is 3.47. The lowest BCUT2D eigenvalue weighted by atomic mass is 10.1. The van der Waals surface area contributed by atoms with Gasteiger partial charge in [-0.1, -0.05) is 26.1 Å². The molecule has 1 aliphatic carbocycles. The van der Waals surface area contributed by atoms with Crippen molar-refractivity contribution in [3.05, 3.63) is 28.2 Å². The van der Waals surface area contributed by atoms with E-state index in [0.29, 0.717) is 10.4 Å². The van der Waals surface area contributed by atoms with E-state index >= 15 is 0 Å². The Labute approximate surface area is 116 Å². The predicted octanol–water partition coefficient (Wildman–Crippen LogP) is 3.54. The molecule has 0 saturated heterocycles. The minimum Gasteiger partial charge on any atom is -0.389 e. The molecule has 0 heterocycles. The monoisotopic (exact) mass is 312 g/mol. The summed E-state index contributed by atoms with van der Waals surface area (Å²) in [5.41, 5.74) is 8.10. The number of nitrogens with two attached hydrogens (primary N) is 1. The highest BCUT2D eigenvalue weighted by Gasteiger charge is 2.44. The number of benzene rings is 1. The van der Waals surface area contributed by atoms with E-state index in [1.54, 1.807) is 0 Å². The molecule has 2 rings (SSSR count). The van der Waals surface area contributed by atoms with E-state index in [1.807, 2.05) is 18.2 Å². The topological polar surface area (TPSA) is 38.0 Å². The van der Waals surface area contributed by atoms with Crippen molar-refractivity contribution in [2.24, 2.45) is 17.1 Å². The van der Waals surface area contributed by atoms with Gasteiger partial charge in [0.05, 0.1) is 0 Å². The van der Waals surface area contributed by atoms with Crippen molar-refractivity contribution in [2.75, 3.05) is 11.9 Å². The smallest absolute Gasteiger partial charge is 0.104 e. The van der Waals surface area contributed by atoms with Gasteiger partial charge in [0.25, 0.3) is 0 Å². The highest BCUT2D eigenvalue weighted by molar-refractivity contribution is 9.10. The fourth-order valence-electron chi connectivity index (χ4n) is 1.97. The summed E-state index contributed by atoms with van der Waals surface area (Å²) in [6.07, 6.45) is 1.31. The number of anilines is 1. The van der Waals surface area contributed by atoms with Gasteiger partial charge in [-0.05, 0) is 51.9 Å². The molecule has 1 atom stereocenters. The zero-order chi connectivity index (χ0) is 12.6. The summed E-state index contributed by atoms with van der Waals surface area (Å²) in [5.74, 6) is 0.782. The van der Waals surface area contributed by atoms with Gasteiger partial charge in [-0.2, -0.15) is 0 Å². The van der Waals surface area contributed by atoms with E-state index in [2.05, 4.69) is 35.1 Å². The van der Waals surface area contributed by atoms with Crippen LogP contribution in [0.3, 0.4) is 0 Å². The van der Waals surface area contributed by atoms with Crippen molar-refractivity contribution in [3.8, 4) is 0 Å². The molecular formula is C13H17BrN2S. The summed E-state index contributed by atoms with van der Waals surface area (Å²) in [6.45, 7) is 5.65. The molecule has 1 unspecified atom stereocenters. The van der Waals surface area contributed by atoms with Crippen LogP contribution < -0.4 is 11.1 Å². The van der Waals surface area contributed by atoms with Crippen LogP contribution in [0.25, 0.3) is 0 Å². The van der Waals surface area contributed by atoms with Crippen LogP contribution in [0.15, 0.2) is 22.7 Å². The number of nitrogens with one attached hydrogen (secondary N) is 1. The molecule has 0 aromatic heterocycles. The number of hydrogen-bond acceptors (Lipinski definition) is 2. The number of thiocarbonyl (C=S) groups is 1. The first-order valence-electron chi connectivity index (χ1n) is 5.73. The highest BCUT2D eigenvalue weighted by Crippen LogP contribution is 2.51. The Morgan fingerprint density at radius 1 is 1.59 bits per heavy atom. The molecule has 1 saturated carbocycles. The van der Waals surface area contributed by atoms with Crippen LogP contribution in [-0.4, -0.2) is 11.5 Å². The van der Waals surface area contributed by atoms with Crippen LogP contribution in [0.2, 0.25) is 0 Å². The molecule has 0 radical (unpaired) electrons. The van der Waals surface area contributed by atoms with Crippen molar-refractivity contribution >= 4 is 38.8 Å². The van der Waals surface area contributed by atoms with Gasteiger partial charge in [-0.3, -0.25) is 0 Å². The van der Waals surface area contributed by atoms with E-state index < -0.39 is 0 Å². The molecular weight excluding hydrogens is 296 g/mol. The molecule has 3 N–H and O–H groups in total. The summed E-state index contributed by atoms with van der Waals surface area (Å²) in [4.78, 5) is 0.431. The minimum absolute atomic E-state index is 0.431. The first-order valence-corrected chi connectivity index (χ1v) is 6.93. The molecule has 1 aromatic rings. The van der Waals surface area contributed by atoms with Crippen LogP contribution in [0, 0.1) is 11.3 Å². The van der Waals surface area contributed by atoms with Gasteiger partial charge in [0.15, 0.2) is 0 Å². The highest BCUT2D eigenvalue weighted by atomic mass is 79.9. The molecule has 92 valence electrons. The van der Waals surface area contributed by atoms with E-state index in [9.17, 15) is 0 Å². The Bertz CT molecular complexity index is 457. The van der Waals surface area contributed by atoms with Crippen LogP contribution in [0.4, 0.5) is 5.69 Å².